The van der Waals surface area contributed by atoms with Crippen LogP contribution >= 0.6 is 0 Å². The third kappa shape index (κ3) is 4.50. The summed E-state index contributed by atoms with van der Waals surface area (Å²) in [6, 6.07) is 27.4. The number of nitrogens with zero attached hydrogens (tertiary/aromatic N) is 4. The van der Waals surface area contributed by atoms with Crippen molar-refractivity contribution in [2.24, 2.45) is 0 Å². The predicted octanol–water partition coefficient (Wildman–Crippen LogP) is 15.5. The van der Waals surface area contributed by atoms with Gasteiger partial charge in [-0.25, -0.2) is 0 Å². The van der Waals surface area contributed by atoms with E-state index in [-0.39, 0.29) is 124 Å². The average molecular weight is 781 g/mol. The first-order valence-electron chi connectivity index (χ1n) is 26.6. The van der Waals surface area contributed by atoms with Gasteiger partial charge < -0.3 is 18.6 Å². The molecular weight excluding hydrogens is 729 g/mol. The lowest BCUT2D eigenvalue weighted by molar-refractivity contribution is 1.29. The molecule has 60 heavy (non-hydrogen) atoms. The van der Waals surface area contributed by atoms with E-state index in [0.29, 0.717) is 22.7 Å². The Labute approximate surface area is 366 Å². The van der Waals surface area contributed by atoms with Crippen molar-refractivity contribution in [3.63, 3.8) is 0 Å². The minimum atomic E-state index is -0.565. The highest BCUT2D eigenvalue weighted by Gasteiger charge is 2.27. The van der Waals surface area contributed by atoms with Crippen LogP contribution in [0, 0.1) is 13.8 Å². The lowest BCUT2D eigenvalue weighted by Gasteiger charge is -2.26. The molecule has 0 saturated carbocycles. The van der Waals surface area contributed by atoms with Gasteiger partial charge in [-0.05, 0) is 98.6 Å². The normalized spacial score (nSPS) is 15.4. The zero-order valence-corrected chi connectivity index (χ0v) is 32.2. The van der Waals surface area contributed by atoms with E-state index in [1.54, 1.807) is 9.80 Å². The van der Waals surface area contributed by atoms with E-state index < -0.39 is 48.3 Å². The summed E-state index contributed by atoms with van der Waals surface area (Å²) in [7, 11) is 0. The van der Waals surface area contributed by atoms with Gasteiger partial charge in [0.2, 0.25) is 0 Å². The van der Waals surface area contributed by atoms with Gasteiger partial charge in [0.1, 0.15) is 0 Å². The van der Waals surface area contributed by atoms with Crippen molar-refractivity contribution in [2.45, 2.75) is 13.8 Å². The maximum absolute atomic E-state index is 10.4. The maximum atomic E-state index is 10.4. The van der Waals surface area contributed by atoms with Crippen LogP contribution in [0.25, 0.3) is 76.2 Å². The number of anilines is 6. The quantitative estimate of drug-likeness (QED) is 0.167. The van der Waals surface area contributed by atoms with E-state index in [2.05, 4.69) is 0 Å². The van der Waals surface area contributed by atoms with Crippen molar-refractivity contribution in [3.05, 3.63) is 205 Å². The van der Waals surface area contributed by atoms with E-state index in [9.17, 15) is 13.7 Å². The molecule has 4 nitrogen and oxygen atoms in total. The highest BCUT2D eigenvalue weighted by atomic mass is 15.2. The maximum Gasteiger partial charge on any atom is 0.0653 e. The van der Waals surface area contributed by atoms with E-state index >= 15 is 0 Å². The SMILES string of the molecule is [2H]c1c([2H])c([2H])c2c(c1[2H])c1c(N(c3ccccc3)c3ccc(C)cc3)c([2H])c([2H])c3c4c([2H])c5c(c([2H])c4n2c31)c1c([2H])c([2H])c(N(c2ccccc2)c2ccc(C)cc2)c2c3c([2H])c([2H])c([2H])c([2H])c3n5c12. The van der Waals surface area contributed by atoms with Crippen molar-refractivity contribution >= 4 is 110 Å². The summed E-state index contributed by atoms with van der Waals surface area (Å²) in [4.78, 5) is 3.55. The Morgan fingerprint density at radius 2 is 0.750 bits per heavy atom. The number of fused-ring (bicyclic) bond motifs is 12. The summed E-state index contributed by atoms with van der Waals surface area (Å²) in [5, 5.41) is 0.444. The van der Waals surface area contributed by atoms with Crippen molar-refractivity contribution in [1.82, 2.24) is 8.80 Å². The first-order valence-corrected chi connectivity index (χ1v) is 19.6. The Hall–Kier alpha value is -7.82. The summed E-state index contributed by atoms with van der Waals surface area (Å²) >= 11 is 0. The van der Waals surface area contributed by atoms with Crippen LogP contribution in [-0.2, 0) is 0 Å². The Morgan fingerprint density at radius 3 is 1.17 bits per heavy atom. The molecule has 9 aromatic carbocycles. The van der Waals surface area contributed by atoms with Gasteiger partial charge in [0.25, 0.3) is 0 Å². The summed E-state index contributed by atoms with van der Waals surface area (Å²) in [6.45, 7) is 3.87. The molecule has 4 heteroatoms. The molecule has 282 valence electrons. The lowest BCUT2D eigenvalue weighted by Crippen LogP contribution is -2.10. The Morgan fingerprint density at radius 1 is 0.367 bits per heavy atom. The van der Waals surface area contributed by atoms with Gasteiger partial charge in [0, 0.05) is 65.8 Å². The highest BCUT2D eigenvalue weighted by Crippen LogP contribution is 2.51. The number of aromatic nitrogens is 2. The highest BCUT2D eigenvalue weighted by molar-refractivity contribution is 6.32. The number of hydrogen-bond acceptors (Lipinski definition) is 2. The molecule has 0 spiro atoms. The zero-order valence-electron chi connectivity index (χ0n) is 46.2. The molecule has 0 atom stereocenters. The predicted molar refractivity (Wildman–Crippen MR) is 255 cm³/mol. The van der Waals surface area contributed by atoms with Crippen molar-refractivity contribution in [2.75, 3.05) is 9.80 Å². The first-order chi connectivity index (χ1) is 35.5. The van der Waals surface area contributed by atoms with Crippen molar-refractivity contribution < 1.29 is 19.2 Å². The molecule has 13 rings (SSSR count). The zero-order chi connectivity index (χ0) is 51.8. The van der Waals surface area contributed by atoms with Crippen molar-refractivity contribution in [1.29, 1.82) is 0 Å². The Bertz CT molecular complexity index is 4300. The topological polar surface area (TPSA) is 15.3 Å². The van der Waals surface area contributed by atoms with Gasteiger partial charge in [-0.15, -0.1) is 0 Å². The summed E-state index contributed by atoms with van der Waals surface area (Å²) < 4.78 is 138. The third-order valence-corrected chi connectivity index (χ3v) is 11.7. The fourth-order valence-electron chi connectivity index (χ4n) is 9.09. The molecule has 13 aromatic rings. The summed E-state index contributed by atoms with van der Waals surface area (Å²) in [5.41, 5.74) is 4.70. The molecule has 0 fully saturated rings. The number of para-hydroxylation sites is 4. The number of hydrogen-bond donors (Lipinski definition) is 0. The molecular formula is C56H38N4. The van der Waals surface area contributed by atoms with Crippen LogP contribution in [0.1, 0.15) is 30.3 Å². The third-order valence-electron chi connectivity index (χ3n) is 11.7. The van der Waals surface area contributed by atoms with Crippen LogP contribution in [0.15, 0.2) is 194 Å². The minimum Gasteiger partial charge on any atom is -0.310 e. The lowest BCUT2D eigenvalue weighted by atomic mass is 10.0. The van der Waals surface area contributed by atoms with E-state index in [1.807, 2.05) is 123 Å². The molecule has 0 radical (unpaired) electrons. The number of aryl methyl sites for hydroxylation is 2. The molecule has 0 aliphatic heterocycles. The van der Waals surface area contributed by atoms with E-state index in [4.69, 9.17) is 5.48 Å². The van der Waals surface area contributed by atoms with Crippen LogP contribution < -0.4 is 9.80 Å². The number of benzene rings is 9. The first kappa shape index (κ1) is 22.4. The molecule has 0 aliphatic carbocycles. The van der Waals surface area contributed by atoms with Gasteiger partial charge in [0.05, 0.1) is 63.7 Å². The number of rotatable bonds is 6. The molecule has 0 bridgehead atoms. The minimum absolute atomic E-state index is 0.0123. The molecule has 0 N–H and O–H groups in total. The monoisotopic (exact) mass is 780 g/mol. The Balaban J connectivity index is 1.30. The van der Waals surface area contributed by atoms with Gasteiger partial charge >= 0.3 is 0 Å². The second-order valence-corrected chi connectivity index (χ2v) is 15.2. The largest absolute Gasteiger partial charge is 0.310 e. The fraction of sp³-hybridized carbons (Fsp3) is 0.0357. The standard InChI is InChI=1S/C56H38N4/c1-35-21-25-39(26-22-35)57(37-13-5-3-6-14-37)49-31-29-41-45-33-52-46(34-51(45)59-47-19-11-9-17-43(47)53(49)55(41)59)42-30-32-50(54-44-18-10-12-20-48(44)60(52)56(42)54)58(38-15-7-4-8-16-38)40-27-23-36(2)24-28-40/h3-34H,1-2H3/i9D,10D,11D,12D,17D,18D,19D,20D,29D,30D,31D,32D,33D,34D. The molecule has 4 heterocycles. The summed E-state index contributed by atoms with van der Waals surface area (Å²) in [5.74, 6) is 0. The average Bonchev–Trinajstić information content (AvgIpc) is 4.15. The van der Waals surface area contributed by atoms with Gasteiger partial charge in [0.15, 0.2) is 0 Å². The van der Waals surface area contributed by atoms with Gasteiger partial charge in [-0.2, -0.15) is 0 Å². The van der Waals surface area contributed by atoms with Crippen LogP contribution in [0.3, 0.4) is 0 Å². The van der Waals surface area contributed by atoms with Crippen LogP contribution in [0.4, 0.5) is 34.1 Å². The molecule has 0 amide bonds. The molecule has 4 aromatic heterocycles. The van der Waals surface area contributed by atoms with Crippen molar-refractivity contribution in [3.8, 4) is 0 Å². The second kappa shape index (κ2) is 12.3. The molecule has 0 unspecified atom stereocenters. The van der Waals surface area contributed by atoms with Crippen LogP contribution in [0.5, 0.6) is 0 Å². The molecule has 0 aliphatic rings. The van der Waals surface area contributed by atoms with Crippen LogP contribution in [0.2, 0.25) is 0 Å². The van der Waals surface area contributed by atoms with Gasteiger partial charge in [-0.3, -0.25) is 0 Å². The van der Waals surface area contributed by atoms with E-state index in [1.165, 1.54) is 8.80 Å². The fourth-order valence-corrected chi connectivity index (χ4v) is 9.09. The summed E-state index contributed by atoms with van der Waals surface area (Å²) in [6.07, 6.45) is 0. The van der Waals surface area contributed by atoms with Gasteiger partial charge in [-0.1, -0.05) is 120 Å². The second-order valence-electron chi connectivity index (χ2n) is 15.2. The molecule has 0 saturated heterocycles. The van der Waals surface area contributed by atoms with Crippen LogP contribution in [-0.4, -0.2) is 8.80 Å². The van der Waals surface area contributed by atoms with E-state index in [0.717, 1.165) is 11.1 Å². The Kier molecular flexibility index (Phi) is 4.60. The smallest absolute Gasteiger partial charge is 0.0653 e.